The standard InChI is InChI=1S/C22H23NS/c1-18(17-19-9-4-2-5-10-19)23-15-14-21(22-13-8-16-24-22)20-11-6-3-7-12-20/h2-14,16,18,23H,15,17H2,1H3/b21-14-. The van der Waals surface area contributed by atoms with Crippen LogP contribution < -0.4 is 5.32 Å². The van der Waals surface area contributed by atoms with Crippen LogP contribution in [0.4, 0.5) is 0 Å². The molecule has 2 aromatic carbocycles. The average molecular weight is 334 g/mol. The van der Waals surface area contributed by atoms with Gasteiger partial charge in [-0.1, -0.05) is 72.8 Å². The molecule has 122 valence electrons. The van der Waals surface area contributed by atoms with Gasteiger partial charge in [0.2, 0.25) is 0 Å². The summed E-state index contributed by atoms with van der Waals surface area (Å²) in [5.41, 5.74) is 3.96. The molecule has 0 amide bonds. The normalized spacial score (nSPS) is 13.0. The molecule has 3 rings (SSSR count). The molecule has 1 atom stereocenters. The second-order valence-electron chi connectivity index (χ2n) is 5.96. The van der Waals surface area contributed by atoms with Gasteiger partial charge < -0.3 is 5.32 Å². The molecule has 0 bridgehead atoms. The highest BCUT2D eigenvalue weighted by molar-refractivity contribution is 7.11. The summed E-state index contributed by atoms with van der Waals surface area (Å²) in [5.74, 6) is 0. The third kappa shape index (κ3) is 4.67. The van der Waals surface area contributed by atoms with Gasteiger partial charge in [-0.15, -0.1) is 11.3 Å². The molecule has 24 heavy (non-hydrogen) atoms. The molecule has 1 nitrogen and oxygen atoms in total. The van der Waals surface area contributed by atoms with Gasteiger partial charge in [-0.25, -0.2) is 0 Å². The van der Waals surface area contributed by atoms with Crippen LogP contribution in [0.25, 0.3) is 5.57 Å². The summed E-state index contributed by atoms with van der Waals surface area (Å²) in [6.45, 7) is 3.12. The molecule has 0 aliphatic carbocycles. The minimum atomic E-state index is 0.448. The lowest BCUT2D eigenvalue weighted by atomic mass is 10.0. The fourth-order valence-corrected chi connectivity index (χ4v) is 3.60. The predicted octanol–water partition coefficient (Wildman–Crippen LogP) is 5.40. The zero-order valence-electron chi connectivity index (χ0n) is 14.0. The summed E-state index contributed by atoms with van der Waals surface area (Å²) in [5, 5.41) is 5.76. The fourth-order valence-electron chi connectivity index (χ4n) is 2.81. The maximum atomic E-state index is 3.62. The quantitative estimate of drug-likeness (QED) is 0.610. The van der Waals surface area contributed by atoms with E-state index in [4.69, 9.17) is 0 Å². The Bertz CT molecular complexity index is 745. The van der Waals surface area contributed by atoms with E-state index in [1.807, 2.05) is 0 Å². The number of thiophene rings is 1. The van der Waals surface area contributed by atoms with Crippen LogP contribution >= 0.6 is 11.3 Å². The fraction of sp³-hybridized carbons (Fsp3) is 0.182. The Labute approximate surface area is 148 Å². The molecule has 2 heteroatoms. The van der Waals surface area contributed by atoms with Crippen molar-refractivity contribution < 1.29 is 0 Å². The van der Waals surface area contributed by atoms with Crippen molar-refractivity contribution >= 4 is 16.9 Å². The summed E-state index contributed by atoms with van der Waals surface area (Å²) in [6.07, 6.45) is 3.36. The molecule has 0 saturated heterocycles. The van der Waals surface area contributed by atoms with E-state index in [0.29, 0.717) is 6.04 Å². The van der Waals surface area contributed by atoms with Crippen LogP contribution in [0, 0.1) is 0 Å². The molecule has 0 aliphatic rings. The highest BCUT2D eigenvalue weighted by Gasteiger charge is 2.06. The van der Waals surface area contributed by atoms with E-state index in [9.17, 15) is 0 Å². The highest BCUT2D eigenvalue weighted by atomic mass is 32.1. The molecule has 0 saturated carbocycles. The number of hydrogen-bond donors (Lipinski definition) is 1. The lowest BCUT2D eigenvalue weighted by Crippen LogP contribution is -2.28. The van der Waals surface area contributed by atoms with Crippen LogP contribution in [0.3, 0.4) is 0 Å². The van der Waals surface area contributed by atoms with E-state index in [1.54, 1.807) is 11.3 Å². The number of rotatable bonds is 7. The second kappa shape index (κ2) is 8.62. The maximum Gasteiger partial charge on any atom is 0.0345 e. The van der Waals surface area contributed by atoms with Crippen LogP contribution in [0.5, 0.6) is 0 Å². The van der Waals surface area contributed by atoms with Crippen molar-refractivity contribution in [3.05, 3.63) is 100 Å². The third-order valence-electron chi connectivity index (χ3n) is 4.03. The Morgan fingerprint density at radius 3 is 2.33 bits per heavy atom. The smallest absolute Gasteiger partial charge is 0.0345 e. The van der Waals surface area contributed by atoms with Gasteiger partial charge >= 0.3 is 0 Å². The number of hydrogen-bond acceptors (Lipinski definition) is 2. The summed E-state index contributed by atoms with van der Waals surface area (Å²) in [6, 6.07) is 26.0. The van der Waals surface area contributed by atoms with Crippen molar-refractivity contribution in [2.24, 2.45) is 0 Å². The van der Waals surface area contributed by atoms with Crippen LogP contribution in [0.2, 0.25) is 0 Å². The van der Waals surface area contributed by atoms with Crippen LogP contribution in [0.15, 0.2) is 84.3 Å². The minimum Gasteiger partial charge on any atom is -0.310 e. The molecule has 0 spiro atoms. The second-order valence-corrected chi connectivity index (χ2v) is 6.91. The summed E-state index contributed by atoms with van der Waals surface area (Å²) in [4.78, 5) is 1.32. The highest BCUT2D eigenvalue weighted by Crippen LogP contribution is 2.26. The van der Waals surface area contributed by atoms with Crippen LogP contribution in [0.1, 0.15) is 22.9 Å². The Kier molecular flexibility index (Phi) is 6.00. The summed E-state index contributed by atoms with van der Waals surface area (Å²) in [7, 11) is 0. The third-order valence-corrected chi connectivity index (χ3v) is 4.93. The van der Waals surface area contributed by atoms with E-state index < -0.39 is 0 Å². The van der Waals surface area contributed by atoms with E-state index in [-0.39, 0.29) is 0 Å². The summed E-state index contributed by atoms with van der Waals surface area (Å²) >= 11 is 1.79. The van der Waals surface area contributed by atoms with Gasteiger partial charge in [0.05, 0.1) is 0 Å². The van der Waals surface area contributed by atoms with E-state index in [0.717, 1.165) is 13.0 Å². The predicted molar refractivity (Wildman–Crippen MR) is 105 cm³/mol. The van der Waals surface area contributed by atoms with Crippen molar-refractivity contribution in [3.8, 4) is 0 Å². The van der Waals surface area contributed by atoms with Gasteiger partial charge in [0.1, 0.15) is 0 Å². The van der Waals surface area contributed by atoms with Crippen LogP contribution in [-0.2, 0) is 6.42 Å². The number of benzene rings is 2. The van der Waals surface area contributed by atoms with Crippen molar-refractivity contribution in [1.29, 1.82) is 0 Å². The zero-order chi connectivity index (χ0) is 16.6. The van der Waals surface area contributed by atoms with E-state index >= 15 is 0 Å². The average Bonchev–Trinajstić information content (AvgIpc) is 3.14. The minimum absolute atomic E-state index is 0.448. The molecule has 1 aromatic heterocycles. The Morgan fingerprint density at radius 2 is 1.67 bits per heavy atom. The molecule has 0 radical (unpaired) electrons. The topological polar surface area (TPSA) is 12.0 Å². The van der Waals surface area contributed by atoms with Crippen molar-refractivity contribution in [1.82, 2.24) is 5.32 Å². The largest absolute Gasteiger partial charge is 0.310 e. The van der Waals surface area contributed by atoms with Crippen molar-refractivity contribution in [3.63, 3.8) is 0 Å². The molecule has 0 fully saturated rings. The van der Waals surface area contributed by atoms with E-state index in [2.05, 4.69) is 96.5 Å². The van der Waals surface area contributed by atoms with Gasteiger partial charge in [0.25, 0.3) is 0 Å². The molecular weight excluding hydrogens is 310 g/mol. The molecule has 1 N–H and O–H groups in total. The van der Waals surface area contributed by atoms with Crippen LogP contribution in [-0.4, -0.2) is 12.6 Å². The van der Waals surface area contributed by atoms with Gasteiger partial charge in [0.15, 0.2) is 0 Å². The SMILES string of the molecule is CC(Cc1ccccc1)NC/C=C(/c1ccccc1)c1cccs1. The molecule has 1 unspecified atom stereocenters. The first kappa shape index (κ1) is 16.7. The molecule has 3 aromatic rings. The zero-order valence-corrected chi connectivity index (χ0v) is 14.8. The first-order valence-electron chi connectivity index (χ1n) is 8.39. The van der Waals surface area contributed by atoms with Gasteiger partial charge in [-0.2, -0.15) is 0 Å². The van der Waals surface area contributed by atoms with Gasteiger partial charge in [-0.05, 0) is 41.5 Å². The maximum absolute atomic E-state index is 3.62. The lowest BCUT2D eigenvalue weighted by molar-refractivity contribution is 0.581. The first-order chi connectivity index (χ1) is 11.8. The molecular formula is C22H23NS. The van der Waals surface area contributed by atoms with Crippen molar-refractivity contribution in [2.75, 3.05) is 6.54 Å². The first-order valence-corrected chi connectivity index (χ1v) is 9.27. The van der Waals surface area contributed by atoms with E-state index in [1.165, 1.54) is 21.6 Å². The van der Waals surface area contributed by atoms with Crippen molar-refractivity contribution in [2.45, 2.75) is 19.4 Å². The lowest BCUT2D eigenvalue weighted by Gasteiger charge is -2.13. The number of nitrogens with one attached hydrogen (secondary N) is 1. The van der Waals surface area contributed by atoms with Gasteiger partial charge in [0, 0.05) is 17.5 Å². The Morgan fingerprint density at radius 1 is 0.958 bits per heavy atom. The Balaban J connectivity index is 1.66. The molecule has 1 heterocycles. The summed E-state index contributed by atoms with van der Waals surface area (Å²) < 4.78 is 0. The van der Waals surface area contributed by atoms with Gasteiger partial charge in [-0.3, -0.25) is 0 Å². The Hall–Kier alpha value is -2.16. The monoisotopic (exact) mass is 333 g/mol. The molecule has 0 aliphatic heterocycles.